The smallest absolute Gasteiger partial charge is 0.475 e. The Hall–Kier alpha value is -2.02. The van der Waals surface area contributed by atoms with E-state index in [1.807, 2.05) is 0 Å². The predicted octanol–water partition coefficient (Wildman–Crippen LogP) is 2.71. The van der Waals surface area contributed by atoms with Gasteiger partial charge in [-0.25, -0.2) is 9.78 Å². The number of halogens is 3. The summed E-state index contributed by atoms with van der Waals surface area (Å²) >= 11 is 3.19. The third-order valence-electron chi connectivity index (χ3n) is 4.93. The fourth-order valence-corrected chi connectivity index (χ4v) is 4.69. The van der Waals surface area contributed by atoms with Crippen LogP contribution in [0, 0.1) is 11.8 Å². The zero-order valence-corrected chi connectivity index (χ0v) is 17.3. The summed E-state index contributed by atoms with van der Waals surface area (Å²) < 4.78 is 37.7. The molecule has 2 aliphatic rings. The summed E-state index contributed by atoms with van der Waals surface area (Å²) in [5.74, 6) is -1.92. The second kappa shape index (κ2) is 9.86. The number of carbonyl (C=O) groups excluding carboxylic acids is 1. The molecule has 1 amide bonds. The van der Waals surface area contributed by atoms with Gasteiger partial charge < -0.3 is 15.2 Å². The summed E-state index contributed by atoms with van der Waals surface area (Å²) in [6, 6.07) is 2.19. The van der Waals surface area contributed by atoms with Crippen molar-refractivity contribution in [3.8, 4) is 0 Å². The van der Waals surface area contributed by atoms with E-state index >= 15 is 0 Å². The first-order valence-corrected chi connectivity index (χ1v) is 10.9. The molecule has 0 bridgehead atoms. The molecule has 0 radical (unpaired) electrons. The molecule has 0 aromatic carbocycles. The topological polar surface area (TPSA) is 91.8 Å². The number of nitrogens with one attached hydrogen (secondary N) is 1. The molecule has 2 fully saturated rings. The lowest BCUT2D eigenvalue weighted by Crippen LogP contribution is -2.34. The average molecular weight is 464 g/mol. The van der Waals surface area contributed by atoms with Gasteiger partial charge in [0.25, 0.3) is 5.91 Å². The van der Waals surface area contributed by atoms with E-state index in [1.165, 1.54) is 16.9 Å². The van der Waals surface area contributed by atoms with Crippen LogP contribution in [0.25, 0.3) is 0 Å². The summed E-state index contributed by atoms with van der Waals surface area (Å²) in [6.45, 7) is 4.47. The van der Waals surface area contributed by atoms with Gasteiger partial charge in [-0.2, -0.15) is 24.5 Å². The highest BCUT2D eigenvalue weighted by Crippen LogP contribution is 2.34. The molecule has 0 unspecified atom stereocenters. The van der Waals surface area contributed by atoms with E-state index in [9.17, 15) is 18.0 Å². The van der Waals surface area contributed by atoms with Crippen molar-refractivity contribution in [2.45, 2.75) is 18.8 Å². The Morgan fingerprint density at radius 1 is 1.30 bits per heavy atom. The highest BCUT2D eigenvalue weighted by Gasteiger charge is 2.43. The Labute approximate surface area is 178 Å². The standard InChI is InChI=1S/C16H19N3O2S2.C2HF3O2/c20-16(14-9-23-10-18-14)17-3-12-7-21-15-6-19(5-13(12)15)4-11-1-2-22-8-11;3-2(4,5)1(6)7/h1-2,8-10,12-13,15H,3-7H2,(H,17,20);(H,6,7)/t12-,13+,15+;/m0./s1. The molecule has 2 aliphatic heterocycles. The minimum Gasteiger partial charge on any atom is -0.475 e. The number of aliphatic carboxylic acids is 1. The van der Waals surface area contributed by atoms with Gasteiger partial charge in [-0.05, 0) is 22.4 Å². The van der Waals surface area contributed by atoms with Gasteiger partial charge in [0.2, 0.25) is 0 Å². The number of carbonyl (C=O) groups is 2. The molecule has 4 heterocycles. The molecule has 2 saturated heterocycles. The van der Waals surface area contributed by atoms with Gasteiger partial charge in [0.1, 0.15) is 5.69 Å². The van der Waals surface area contributed by atoms with E-state index in [0.717, 1.165) is 26.2 Å². The van der Waals surface area contributed by atoms with Crippen LogP contribution in [0.5, 0.6) is 0 Å². The third-order valence-corrected chi connectivity index (χ3v) is 6.25. The van der Waals surface area contributed by atoms with Gasteiger partial charge in [-0.1, -0.05) is 0 Å². The van der Waals surface area contributed by atoms with Gasteiger partial charge >= 0.3 is 12.1 Å². The molecule has 3 atom stereocenters. The molecule has 2 aromatic heterocycles. The van der Waals surface area contributed by atoms with E-state index in [1.54, 1.807) is 22.2 Å². The van der Waals surface area contributed by atoms with Crippen molar-refractivity contribution in [1.82, 2.24) is 15.2 Å². The van der Waals surface area contributed by atoms with Gasteiger partial charge in [-0.15, -0.1) is 11.3 Å². The first-order valence-electron chi connectivity index (χ1n) is 9.05. The number of likely N-dealkylation sites (tertiary alicyclic amines) is 1. The number of carboxylic acids is 1. The molecule has 4 rings (SSSR count). The van der Waals surface area contributed by atoms with Crippen molar-refractivity contribution in [3.63, 3.8) is 0 Å². The van der Waals surface area contributed by atoms with E-state index in [-0.39, 0.29) is 5.91 Å². The quantitative estimate of drug-likeness (QED) is 0.709. The van der Waals surface area contributed by atoms with Crippen LogP contribution in [0.2, 0.25) is 0 Å². The molecule has 7 nitrogen and oxygen atoms in total. The number of hydrogen-bond donors (Lipinski definition) is 2. The average Bonchev–Trinajstić information content (AvgIpc) is 3.45. The molecular weight excluding hydrogens is 443 g/mol. The molecule has 0 aliphatic carbocycles. The molecule has 164 valence electrons. The zero-order valence-electron chi connectivity index (χ0n) is 15.7. The van der Waals surface area contributed by atoms with E-state index < -0.39 is 12.1 Å². The number of thiazole rings is 1. The van der Waals surface area contributed by atoms with E-state index in [2.05, 4.69) is 32.0 Å². The zero-order chi connectivity index (χ0) is 21.7. The van der Waals surface area contributed by atoms with Crippen LogP contribution in [0.15, 0.2) is 27.7 Å². The van der Waals surface area contributed by atoms with Crippen LogP contribution in [0.4, 0.5) is 13.2 Å². The number of thiophene rings is 1. The molecule has 0 saturated carbocycles. The maximum absolute atomic E-state index is 12.0. The molecular formula is C18H20F3N3O4S2. The van der Waals surface area contributed by atoms with E-state index in [4.69, 9.17) is 14.6 Å². The van der Waals surface area contributed by atoms with Gasteiger partial charge in [0, 0.05) is 43.4 Å². The summed E-state index contributed by atoms with van der Waals surface area (Å²) in [4.78, 5) is 27.4. The van der Waals surface area contributed by atoms with Crippen molar-refractivity contribution in [2.75, 3.05) is 26.2 Å². The Bertz CT molecular complexity index is 830. The van der Waals surface area contributed by atoms with Crippen LogP contribution in [-0.4, -0.2) is 65.4 Å². The number of alkyl halides is 3. The van der Waals surface area contributed by atoms with Crippen LogP contribution in [0.3, 0.4) is 0 Å². The second-order valence-corrected chi connectivity index (χ2v) is 8.51. The Kier molecular flexibility index (Phi) is 7.45. The Morgan fingerprint density at radius 2 is 2.07 bits per heavy atom. The summed E-state index contributed by atoms with van der Waals surface area (Å²) in [5, 5.41) is 16.2. The SMILES string of the molecule is O=C(NC[C@H]1CO[C@@H]2CN(Cc3ccsc3)C[C@H]12)c1cscn1.O=C(O)C(F)(F)F. The van der Waals surface area contributed by atoms with Crippen molar-refractivity contribution >= 4 is 34.6 Å². The minimum absolute atomic E-state index is 0.0807. The molecule has 2 N–H and O–H groups in total. The van der Waals surface area contributed by atoms with Gasteiger partial charge in [-0.3, -0.25) is 9.69 Å². The summed E-state index contributed by atoms with van der Waals surface area (Å²) in [7, 11) is 0. The monoisotopic (exact) mass is 463 g/mol. The summed E-state index contributed by atoms with van der Waals surface area (Å²) in [6.07, 6.45) is -4.77. The van der Waals surface area contributed by atoms with Crippen molar-refractivity contribution in [3.05, 3.63) is 39.0 Å². The number of carboxylic acid groups (broad SMARTS) is 1. The van der Waals surface area contributed by atoms with Crippen molar-refractivity contribution < 1.29 is 32.6 Å². The highest BCUT2D eigenvalue weighted by atomic mass is 32.1. The van der Waals surface area contributed by atoms with Crippen molar-refractivity contribution in [2.24, 2.45) is 11.8 Å². The van der Waals surface area contributed by atoms with Crippen molar-refractivity contribution in [1.29, 1.82) is 0 Å². The van der Waals surface area contributed by atoms with Crippen LogP contribution in [0.1, 0.15) is 16.1 Å². The number of ether oxygens (including phenoxy) is 1. The lowest BCUT2D eigenvalue weighted by molar-refractivity contribution is -0.192. The number of amides is 1. The number of aromatic nitrogens is 1. The minimum atomic E-state index is -5.08. The lowest BCUT2D eigenvalue weighted by atomic mass is 9.93. The molecule has 30 heavy (non-hydrogen) atoms. The van der Waals surface area contributed by atoms with Gasteiger partial charge in [0.15, 0.2) is 0 Å². The first kappa shape index (κ1) is 22.7. The Morgan fingerprint density at radius 3 is 2.67 bits per heavy atom. The number of fused-ring (bicyclic) bond motifs is 1. The largest absolute Gasteiger partial charge is 0.490 e. The first-order chi connectivity index (χ1) is 14.2. The lowest BCUT2D eigenvalue weighted by Gasteiger charge is -2.19. The normalized spacial score (nSPS) is 23.5. The number of nitrogens with zero attached hydrogens (tertiary/aromatic N) is 2. The third kappa shape index (κ3) is 6.00. The molecule has 2 aromatic rings. The molecule has 12 heteroatoms. The van der Waals surface area contributed by atoms with Crippen LogP contribution >= 0.6 is 22.7 Å². The second-order valence-electron chi connectivity index (χ2n) is 7.01. The number of hydrogen-bond acceptors (Lipinski definition) is 7. The summed E-state index contributed by atoms with van der Waals surface area (Å²) in [5.41, 5.74) is 3.57. The fraction of sp³-hybridized carbons (Fsp3) is 0.500. The van der Waals surface area contributed by atoms with E-state index in [0.29, 0.717) is 30.2 Å². The fourth-order valence-electron chi connectivity index (χ4n) is 3.50. The van der Waals surface area contributed by atoms with Gasteiger partial charge in [0.05, 0.1) is 18.2 Å². The molecule has 0 spiro atoms. The number of rotatable bonds is 5. The Balaban J connectivity index is 0.000000318. The predicted molar refractivity (Wildman–Crippen MR) is 104 cm³/mol. The highest BCUT2D eigenvalue weighted by molar-refractivity contribution is 7.08. The maximum Gasteiger partial charge on any atom is 0.490 e. The van der Waals surface area contributed by atoms with Crippen LogP contribution < -0.4 is 5.32 Å². The maximum atomic E-state index is 12.0. The van der Waals surface area contributed by atoms with Crippen LogP contribution in [-0.2, 0) is 16.1 Å².